The van der Waals surface area contributed by atoms with E-state index in [0.29, 0.717) is 10.5 Å². The normalized spacial score (nSPS) is 25.3. The zero-order valence-corrected chi connectivity index (χ0v) is 13.9. The maximum absolute atomic E-state index is 10.8. The van der Waals surface area contributed by atoms with Gasteiger partial charge in [-0.2, -0.15) is 23.5 Å². The number of aliphatic hydroxyl groups is 1. The van der Waals surface area contributed by atoms with Gasteiger partial charge in [-0.05, 0) is 49.4 Å². The molecule has 1 aromatic rings. The molecule has 0 aromatic heterocycles. The van der Waals surface area contributed by atoms with Crippen molar-refractivity contribution in [3.05, 3.63) is 34.4 Å². The average molecular weight is 297 g/mol. The van der Waals surface area contributed by atoms with Gasteiger partial charge in [-0.25, -0.2) is 0 Å². The zero-order chi connectivity index (χ0) is 14.0. The summed E-state index contributed by atoms with van der Waals surface area (Å²) in [5.74, 6) is 2.38. The first-order valence-electron chi connectivity index (χ1n) is 7.03. The Labute approximate surface area is 125 Å². The molecule has 1 aliphatic rings. The molecule has 0 saturated carbocycles. The Bertz CT molecular complexity index is 445. The molecule has 1 heterocycles. The second-order valence-corrected chi connectivity index (χ2v) is 8.02. The van der Waals surface area contributed by atoms with Crippen molar-refractivity contribution in [1.29, 1.82) is 0 Å². The van der Waals surface area contributed by atoms with E-state index in [1.54, 1.807) is 0 Å². The van der Waals surface area contributed by atoms with Crippen molar-refractivity contribution in [2.45, 2.75) is 50.7 Å². The number of rotatable bonds is 3. The molecule has 2 rings (SSSR count). The summed E-state index contributed by atoms with van der Waals surface area (Å²) < 4.78 is 0. The lowest BCUT2D eigenvalue weighted by Gasteiger charge is -2.34. The van der Waals surface area contributed by atoms with E-state index >= 15 is 0 Å². The number of aliphatic hydroxyl groups excluding tert-OH is 1. The van der Waals surface area contributed by atoms with Crippen molar-refractivity contribution in [2.75, 3.05) is 11.5 Å². The molecular weight excluding hydrogens is 272 g/mol. The Morgan fingerprint density at radius 1 is 1.11 bits per heavy atom. The SMILES string of the molecule is CCC1SCCSC1C(O)c1cc(C)c(C)cc1C. The lowest BCUT2D eigenvalue weighted by molar-refractivity contribution is 0.171. The molecular formula is C16H24OS2. The minimum Gasteiger partial charge on any atom is -0.387 e. The maximum atomic E-state index is 10.8. The van der Waals surface area contributed by atoms with Crippen LogP contribution in [0.4, 0.5) is 0 Å². The molecule has 0 aliphatic carbocycles. The minimum absolute atomic E-state index is 0.331. The van der Waals surface area contributed by atoms with Gasteiger partial charge < -0.3 is 5.11 Å². The van der Waals surface area contributed by atoms with Crippen molar-refractivity contribution >= 4 is 23.5 Å². The summed E-state index contributed by atoms with van der Waals surface area (Å²) in [4.78, 5) is 0. The van der Waals surface area contributed by atoms with Gasteiger partial charge in [0, 0.05) is 22.0 Å². The largest absolute Gasteiger partial charge is 0.387 e. The van der Waals surface area contributed by atoms with Crippen LogP contribution in [0.15, 0.2) is 12.1 Å². The third-order valence-electron chi connectivity index (χ3n) is 4.01. The van der Waals surface area contributed by atoms with Crippen molar-refractivity contribution in [3.63, 3.8) is 0 Å². The van der Waals surface area contributed by atoms with Crippen LogP contribution < -0.4 is 0 Å². The standard InChI is InChI=1S/C16H24OS2/c1-5-14-16(19-7-6-18-14)15(17)13-9-11(3)10(2)8-12(13)4/h8-9,14-17H,5-7H2,1-4H3. The molecule has 3 atom stereocenters. The predicted molar refractivity (Wildman–Crippen MR) is 88.4 cm³/mol. The Morgan fingerprint density at radius 2 is 1.74 bits per heavy atom. The summed E-state index contributed by atoms with van der Waals surface area (Å²) in [7, 11) is 0. The zero-order valence-electron chi connectivity index (χ0n) is 12.3. The molecule has 1 aromatic carbocycles. The molecule has 106 valence electrons. The van der Waals surface area contributed by atoms with E-state index in [1.807, 2.05) is 23.5 Å². The lowest BCUT2D eigenvalue weighted by atomic mass is 9.94. The van der Waals surface area contributed by atoms with E-state index in [1.165, 1.54) is 22.4 Å². The first kappa shape index (κ1) is 15.3. The van der Waals surface area contributed by atoms with E-state index in [9.17, 15) is 5.11 Å². The molecule has 1 fully saturated rings. The van der Waals surface area contributed by atoms with Gasteiger partial charge in [0.2, 0.25) is 0 Å². The highest BCUT2D eigenvalue weighted by Gasteiger charge is 2.32. The third kappa shape index (κ3) is 3.32. The van der Waals surface area contributed by atoms with Crippen LogP contribution in [0.1, 0.15) is 41.7 Å². The van der Waals surface area contributed by atoms with Crippen molar-refractivity contribution in [2.24, 2.45) is 0 Å². The van der Waals surface area contributed by atoms with E-state index < -0.39 is 0 Å². The van der Waals surface area contributed by atoms with Crippen LogP contribution in [-0.2, 0) is 0 Å². The van der Waals surface area contributed by atoms with Crippen LogP contribution in [-0.4, -0.2) is 27.1 Å². The van der Waals surface area contributed by atoms with Crippen molar-refractivity contribution < 1.29 is 5.11 Å². The molecule has 0 amide bonds. The molecule has 1 nitrogen and oxygen atoms in total. The van der Waals surface area contributed by atoms with Gasteiger partial charge in [0.1, 0.15) is 0 Å². The highest BCUT2D eigenvalue weighted by molar-refractivity contribution is 8.07. The van der Waals surface area contributed by atoms with Crippen LogP contribution in [0.2, 0.25) is 0 Å². The maximum Gasteiger partial charge on any atom is 0.0921 e. The van der Waals surface area contributed by atoms with Gasteiger partial charge in [0.15, 0.2) is 0 Å². The molecule has 0 radical (unpaired) electrons. The lowest BCUT2D eigenvalue weighted by Crippen LogP contribution is -2.31. The van der Waals surface area contributed by atoms with Gasteiger partial charge in [-0.3, -0.25) is 0 Å². The molecule has 0 spiro atoms. The summed E-state index contributed by atoms with van der Waals surface area (Å²) in [6, 6.07) is 4.39. The molecule has 0 bridgehead atoms. The molecule has 3 heteroatoms. The Hall–Kier alpha value is -0.120. The number of thioether (sulfide) groups is 2. The highest BCUT2D eigenvalue weighted by atomic mass is 32.2. The minimum atomic E-state index is -0.331. The van der Waals surface area contributed by atoms with Crippen molar-refractivity contribution in [3.8, 4) is 0 Å². The summed E-state index contributed by atoms with van der Waals surface area (Å²) in [5.41, 5.74) is 4.94. The smallest absolute Gasteiger partial charge is 0.0921 e. The number of benzene rings is 1. The quantitative estimate of drug-likeness (QED) is 0.899. The van der Waals surface area contributed by atoms with Crippen molar-refractivity contribution in [1.82, 2.24) is 0 Å². The second-order valence-electron chi connectivity index (χ2n) is 5.39. The van der Waals surface area contributed by atoms with Gasteiger partial charge in [-0.15, -0.1) is 0 Å². The molecule has 1 N–H and O–H groups in total. The fourth-order valence-electron chi connectivity index (χ4n) is 2.71. The van der Waals surface area contributed by atoms with Gasteiger partial charge >= 0.3 is 0 Å². The van der Waals surface area contributed by atoms with Gasteiger partial charge in [-0.1, -0.05) is 19.1 Å². The number of hydrogen-bond acceptors (Lipinski definition) is 3. The molecule has 3 unspecified atom stereocenters. The summed E-state index contributed by atoms with van der Waals surface area (Å²) in [6.07, 6.45) is 0.811. The Balaban J connectivity index is 2.27. The van der Waals surface area contributed by atoms with E-state index in [0.717, 1.165) is 17.7 Å². The first-order valence-corrected chi connectivity index (χ1v) is 9.13. The number of hydrogen-bond donors (Lipinski definition) is 1. The second kappa shape index (κ2) is 6.55. The Morgan fingerprint density at radius 3 is 2.42 bits per heavy atom. The highest BCUT2D eigenvalue weighted by Crippen LogP contribution is 2.41. The summed E-state index contributed by atoms with van der Waals surface area (Å²) in [6.45, 7) is 8.62. The fraction of sp³-hybridized carbons (Fsp3) is 0.625. The molecule has 1 aliphatic heterocycles. The van der Waals surface area contributed by atoms with E-state index in [4.69, 9.17) is 0 Å². The van der Waals surface area contributed by atoms with E-state index in [-0.39, 0.29) is 6.10 Å². The topological polar surface area (TPSA) is 20.2 Å². The summed E-state index contributed by atoms with van der Waals surface area (Å²) >= 11 is 3.97. The third-order valence-corrected chi connectivity index (χ3v) is 7.34. The molecule has 19 heavy (non-hydrogen) atoms. The van der Waals surface area contributed by atoms with Gasteiger partial charge in [0.05, 0.1) is 6.10 Å². The van der Waals surface area contributed by atoms with Crippen LogP contribution in [0.25, 0.3) is 0 Å². The van der Waals surface area contributed by atoms with Crippen LogP contribution in [0, 0.1) is 20.8 Å². The average Bonchev–Trinajstić information content (AvgIpc) is 2.42. The van der Waals surface area contributed by atoms with E-state index in [2.05, 4.69) is 39.8 Å². The fourth-order valence-corrected chi connectivity index (χ4v) is 5.84. The molecule has 1 saturated heterocycles. The first-order chi connectivity index (χ1) is 9.04. The van der Waals surface area contributed by atoms with Crippen LogP contribution >= 0.6 is 23.5 Å². The Kier molecular flexibility index (Phi) is 5.27. The van der Waals surface area contributed by atoms with Crippen LogP contribution in [0.3, 0.4) is 0 Å². The van der Waals surface area contributed by atoms with Crippen LogP contribution in [0.5, 0.6) is 0 Å². The van der Waals surface area contributed by atoms with Gasteiger partial charge in [0.25, 0.3) is 0 Å². The summed E-state index contributed by atoms with van der Waals surface area (Å²) in [5, 5.41) is 11.7. The predicted octanol–water partition coefficient (Wildman–Crippen LogP) is 4.27. The number of aryl methyl sites for hydroxylation is 3. The monoisotopic (exact) mass is 296 g/mol.